The molecule has 0 spiro atoms. The van der Waals surface area contributed by atoms with Crippen LogP contribution >= 0.6 is 22.6 Å². The molecule has 0 saturated heterocycles. The molecule has 1 amide bonds. The second-order valence-electron chi connectivity index (χ2n) is 5.90. The number of hydrogen-bond donors (Lipinski definition) is 1. The van der Waals surface area contributed by atoms with Crippen LogP contribution in [0.15, 0.2) is 53.8 Å². The van der Waals surface area contributed by atoms with Gasteiger partial charge >= 0.3 is 5.97 Å². The number of nitrogens with zero attached hydrogens (tertiary/aromatic N) is 1. The number of aromatic nitrogens is 1. The number of halogens is 3. The molecular weight excluding hydrogens is 469 g/mol. The Balaban J connectivity index is 2.14. The molecule has 1 aliphatic rings. The number of esters is 1. The van der Waals surface area contributed by atoms with Crippen LogP contribution in [-0.2, 0) is 14.3 Å². The molecule has 1 aromatic rings. The van der Waals surface area contributed by atoms with E-state index in [0.717, 1.165) is 15.3 Å². The second-order valence-corrected chi connectivity index (χ2v) is 7.07. The molecule has 0 aliphatic heterocycles. The number of carbonyl (C=O) groups excluding carboxylic acids is 2. The van der Waals surface area contributed by atoms with E-state index in [2.05, 4.69) is 34.5 Å². The Morgan fingerprint density at radius 2 is 2.11 bits per heavy atom. The molecule has 0 aromatic carbocycles. The Hall–Kier alpha value is -2.23. The van der Waals surface area contributed by atoms with Crippen molar-refractivity contribution in [2.45, 2.75) is 19.8 Å². The Morgan fingerprint density at radius 3 is 2.67 bits per heavy atom. The number of nitrogens with one attached hydrogen (secondary N) is 1. The number of rotatable bonds is 6. The highest BCUT2D eigenvalue weighted by atomic mass is 127. The van der Waals surface area contributed by atoms with E-state index in [0.29, 0.717) is 12.0 Å². The van der Waals surface area contributed by atoms with E-state index in [1.54, 1.807) is 10.8 Å². The Bertz CT molecular complexity index is 882. The molecule has 0 radical (unpaired) electrons. The summed E-state index contributed by atoms with van der Waals surface area (Å²) < 4.78 is 33.7. The molecule has 0 unspecified atom stereocenters. The predicted molar refractivity (Wildman–Crippen MR) is 107 cm³/mol. The summed E-state index contributed by atoms with van der Waals surface area (Å²) in [5, 5.41) is 2.60. The first-order chi connectivity index (χ1) is 12.7. The molecule has 1 heterocycles. The third-order valence-electron chi connectivity index (χ3n) is 4.07. The largest absolute Gasteiger partial charge is 0.464 e. The normalized spacial score (nSPS) is 14.7. The van der Waals surface area contributed by atoms with Gasteiger partial charge in [0, 0.05) is 34.0 Å². The summed E-state index contributed by atoms with van der Waals surface area (Å²) >= 11 is 2.13. The van der Waals surface area contributed by atoms with E-state index in [1.165, 1.54) is 13.2 Å². The monoisotopic (exact) mass is 488 g/mol. The molecule has 144 valence electrons. The average molecular weight is 488 g/mol. The number of carbonyl (C=O) groups is 2. The van der Waals surface area contributed by atoms with E-state index in [9.17, 15) is 18.4 Å². The van der Waals surface area contributed by atoms with Gasteiger partial charge in [0.25, 0.3) is 5.91 Å². The fraction of sp³-hybridized carbons (Fsp3) is 0.263. The van der Waals surface area contributed by atoms with Crippen molar-refractivity contribution in [3.63, 3.8) is 0 Å². The smallest absolute Gasteiger partial charge is 0.355 e. The lowest BCUT2D eigenvalue weighted by molar-refractivity contribution is -0.134. The van der Waals surface area contributed by atoms with Crippen molar-refractivity contribution in [3.05, 3.63) is 63.1 Å². The Morgan fingerprint density at radius 1 is 1.41 bits per heavy atom. The van der Waals surface area contributed by atoms with Gasteiger partial charge in [-0.2, -0.15) is 0 Å². The second kappa shape index (κ2) is 9.12. The molecule has 5 nitrogen and oxygen atoms in total. The summed E-state index contributed by atoms with van der Waals surface area (Å²) in [4.78, 5) is 24.4. The molecule has 1 aliphatic carbocycles. The zero-order valence-corrected chi connectivity index (χ0v) is 17.1. The molecule has 1 N–H and O–H groups in total. The van der Waals surface area contributed by atoms with Gasteiger partial charge < -0.3 is 14.6 Å². The van der Waals surface area contributed by atoms with Crippen LogP contribution in [-0.4, -0.2) is 30.1 Å². The molecule has 0 atom stereocenters. The molecule has 0 fully saturated rings. The quantitative estimate of drug-likeness (QED) is 0.286. The topological polar surface area (TPSA) is 60.3 Å². The van der Waals surface area contributed by atoms with Crippen LogP contribution in [0.5, 0.6) is 0 Å². The lowest BCUT2D eigenvalue weighted by Gasteiger charge is -2.14. The highest BCUT2D eigenvalue weighted by molar-refractivity contribution is 14.1. The maximum absolute atomic E-state index is 13.3. The summed E-state index contributed by atoms with van der Waals surface area (Å²) in [5.74, 6) is -2.82. The number of allylic oxidation sites excluding steroid dienone is 3. The van der Waals surface area contributed by atoms with Gasteiger partial charge in [0.15, 0.2) is 5.83 Å². The van der Waals surface area contributed by atoms with Crippen molar-refractivity contribution in [1.29, 1.82) is 0 Å². The molecule has 1 aromatic heterocycles. The SMILES string of the molecule is C=C(/C=C(/C(=O)OC)n1ccc(I)c1C)C(=O)NCC1=CC(F)=C(F)CC1. The van der Waals surface area contributed by atoms with Crippen molar-refractivity contribution in [1.82, 2.24) is 9.88 Å². The molecular formula is C19H19F2IN2O3. The van der Waals surface area contributed by atoms with E-state index in [1.807, 2.05) is 13.0 Å². The van der Waals surface area contributed by atoms with Crippen molar-refractivity contribution < 1.29 is 23.1 Å². The van der Waals surface area contributed by atoms with E-state index in [-0.39, 0.29) is 24.2 Å². The zero-order valence-electron chi connectivity index (χ0n) is 14.9. The summed E-state index contributed by atoms with van der Waals surface area (Å²) in [6.45, 7) is 5.59. The van der Waals surface area contributed by atoms with Gasteiger partial charge in [0.05, 0.1) is 7.11 Å². The summed E-state index contributed by atoms with van der Waals surface area (Å²) in [7, 11) is 1.25. The van der Waals surface area contributed by atoms with Gasteiger partial charge in [-0.15, -0.1) is 0 Å². The molecule has 0 saturated carbocycles. The predicted octanol–water partition coefficient (Wildman–Crippen LogP) is 3.96. The fourth-order valence-electron chi connectivity index (χ4n) is 2.48. The summed E-state index contributed by atoms with van der Waals surface area (Å²) in [5.41, 5.74) is 1.57. The average Bonchev–Trinajstić information content (AvgIpc) is 2.98. The third-order valence-corrected chi connectivity index (χ3v) is 5.21. The minimum absolute atomic E-state index is 0.0214. The highest BCUT2D eigenvalue weighted by Crippen LogP contribution is 2.25. The molecule has 0 bridgehead atoms. The van der Waals surface area contributed by atoms with Crippen LogP contribution in [0.4, 0.5) is 8.78 Å². The maximum atomic E-state index is 13.3. The zero-order chi connectivity index (χ0) is 20.1. The van der Waals surface area contributed by atoms with E-state index in [4.69, 9.17) is 4.74 Å². The first-order valence-corrected chi connectivity index (χ1v) is 9.17. The van der Waals surface area contributed by atoms with Gasteiger partial charge in [-0.25, -0.2) is 13.6 Å². The third kappa shape index (κ3) is 5.15. The van der Waals surface area contributed by atoms with Crippen LogP contribution < -0.4 is 5.32 Å². The molecule has 2 rings (SSSR count). The lowest BCUT2D eigenvalue weighted by Crippen LogP contribution is -2.27. The first kappa shape index (κ1) is 21.1. The number of ether oxygens (including phenoxy) is 1. The van der Waals surface area contributed by atoms with Crippen LogP contribution in [0.25, 0.3) is 5.70 Å². The van der Waals surface area contributed by atoms with Crippen LogP contribution in [0.2, 0.25) is 0 Å². The standard InChI is InChI=1S/C19H19F2IN2O3/c1-11(18(25)23-10-13-4-5-14(20)15(21)9-13)8-17(19(26)27-3)24-7-6-16(22)12(24)2/h6-9H,1,4-5,10H2,2-3H3,(H,23,25)/b17-8-. The Kier molecular flexibility index (Phi) is 7.11. The van der Waals surface area contributed by atoms with Gasteiger partial charge in [-0.3, -0.25) is 4.79 Å². The van der Waals surface area contributed by atoms with Crippen LogP contribution in [0, 0.1) is 10.5 Å². The van der Waals surface area contributed by atoms with Gasteiger partial charge in [0.2, 0.25) is 0 Å². The first-order valence-electron chi connectivity index (χ1n) is 8.09. The van der Waals surface area contributed by atoms with Crippen molar-refractivity contribution in [2.75, 3.05) is 13.7 Å². The van der Waals surface area contributed by atoms with Gasteiger partial charge in [-0.1, -0.05) is 6.58 Å². The highest BCUT2D eigenvalue weighted by Gasteiger charge is 2.18. The van der Waals surface area contributed by atoms with Crippen LogP contribution in [0.3, 0.4) is 0 Å². The van der Waals surface area contributed by atoms with E-state index < -0.39 is 23.5 Å². The Labute approximate surface area is 169 Å². The molecule has 8 heteroatoms. The van der Waals surface area contributed by atoms with Gasteiger partial charge in [0.1, 0.15) is 11.5 Å². The van der Waals surface area contributed by atoms with Gasteiger partial charge in [-0.05, 0) is 59.7 Å². The summed E-state index contributed by atoms with van der Waals surface area (Å²) in [6, 6.07) is 1.83. The van der Waals surface area contributed by atoms with Crippen molar-refractivity contribution in [2.24, 2.45) is 0 Å². The van der Waals surface area contributed by atoms with Crippen molar-refractivity contribution in [3.8, 4) is 0 Å². The van der Waals surface area contributed by atoms with Crippen molar-refractivity contribution >= 4 is 40.2 Å². The maximum Gasteiger partial charge on any atom is 0.355 e. The lowest BCUT2D eigenvalue weighted by atomic mass is 10.0. The number of amides is 1. The minimum Gasteiger partial charge on any atom is -0.464 e. The van der Waals surface area contributed by atoms with E-state index >= 15 is 0 Å². The summed E-state index contributed by atoms with van der Waals surface area (Å²) in [6.07, 6.45) is 4.42. The minimum atomic E-state index is -0.908. The number of hydrogen-bond acceptors (Lipinski definition) is 3. The van der Waals surface area contributed by atoms with Crippen LogP contribution in [0.1, 0.15) is 18.5 Å². The molecule has 27 heavy (non-hydrogen) atoms. The fourth-order valence-corrected chi connectivity index (χ4v) is 2.90. The number of methoxy groups -OCH3 is 1.